The number of ether oxygens (including phenoxy) is 1. The first-order valence-corrected chi connectivity index (χ1v) is 8.81. The van der Waals surface area contributed by atoms with Gasteiger partial charge in [-0.3, -0.25) is 14.2 Å². The third-order valence-corrected chi connectivity index (χ3v) is 4.22. The summed E-state index contributed by atoms with van der Waals surface area (Å²) in [5, 5.41) is 2.50. The molecule has 0 aliphatic rings. The number of hydrogen-bond donors (Lipinski definition) is 2. The molecule has 0 spiro atoms. The second-order valence-electron chi connectivity index (χ2n) is 6.26. The first-order valence-electron chi connectivity index (χ1n) is 8.81. The van der Waals surface area contributed by atoms with Crippen molar-refractivity contribution in [1.29, 1.82) is 0 Å². The Morgan fingerprint density at radius 3 is 2.58 bits per heavy atom. The Morgan fingerprint density at radius 1 is 1.16 bits per heavy atom. The molecule has 4 heterocycles. The highest BCUT2D eigenvalue weighted by Crippen LogP contribution is 2.36. The zero-order valence-electron chi connectivity index (χ0n) is 15.8. The number of anilines is 1. The number of rotatable bonds is 5. The first kappa shape index (κ1) is 22.2. The number of alkyl halides is 3. The number of fused-ring (bicyclic) bond motifs is 3. The van der Waals surface area contributed by atoms with Gasteiger partial charge in [-0.15, -0.1) is 12.4 Å². The largest absolute Gasteiger partial charge is 0.476 e. The SMILES string of the molecule is Cl.NCCOc1cc(C(F)(F)F)c2ccc3nc(C(=O)Nc4ccncc4)cn3c2n1. The maximum absolute atomic E-state index is 13.6. The molecule has 0 saturated carbocycles. The topological polar surface area (TPSA) is 107 Å². The van der Waals surface area contributed by atoms with Crippen molar-refractivity contribution in [1.82, 2.24) is 19.4 Å². The summed E-state index contributed by atoms with van der Waals surface area (Å²) in [5.41, 5.74) is 5.21. The van der Waals surface area contributed by atoms with Crippen molar-refractivity contribution in [2.75, 3.05) is 18.5 Å². The van der Waals surface area contributed by atoms with Crippen molar-refractivity contribution in [3.8, 4) is 5.88 Å². The summed E-state index contributed by atoms with van der Waals surface area (Å²) >= 11 is 0. The van der Waals surface area contributed by atoms with Gasteiger partial charge in [0.1, 0.15) is 23.6 Å². The van der Waals surface area contributed by atoms with Crippen molar-refractivity contribution in [2.24, 2.45) is 5.73 Å². The van der Waals surface area contributed by atoms with E-state index in [-0.39, 0.29) is 53.8 Å². The highest BCUT2D eigenvalue weighted by molar-refractivity contribution is 6.03. The van der Waals surface area contributed by atoms with Gasteiger partial charge >= 0.3 is 6.18 Å². The Bertz CT molecular complexity index is 1230. The lowest BCUT2D eigenvalue weighted by Gasteiger charge is -2.13. The van der Waals surface area contributed by atoms with E-state index < -0.39 is 17.6 Å². The van der Waals surface area contributed by atoms with Gasteiger partial charge < -0.3 is 15.8 Å². The molecule has 8 nitrogen and oxygen atoms in total. The van der Waals surface area contributed by atoms with Gasteiger partial charge in [0, 0.05) is 42.3 Å². The number of nitrogens with two attached hydrogens (primary N) is 1. The Kier molecular flexibility index (Phi) is 6.27. The van der Waals surface area contributed by atoms with Crippen LogP contribution in [0, 0.1) is 0 Å². The van der Waals surface area contributed by atoms with Crippen molar-refractivity contribution >= 4 is 40.7 Å². The van der Waals surface area contributed by atoms with Crippen LogP contribution in [0.3, 0.4) is 0 Å². The van der Waals surface area contributed by atoms with Crippen LogP contribution in [-0.4, -0.2) is 38.4 Å². The summed E-state index contributed by atoms with van der Waals surface area (Å²) < 4.78 is 47.3. The molecule has 4 aromatic heterocycles. The van der Waals surface area contributed by atoms with E-state index in [4.69, 9.17) is 10.5 Å². The molecule has 0 fully saturated rings. The monoisotopic (exact) mass is 452 g/mol. The van der Waals surface area contributed by atoms with Gasteiger partial charge in [-0.05, 0) is 24.3 Å². The summed E-state index contributed by atoms with van der Waals surface area (Å²) in [6.45, 7) is 0.130. The Morgan fingerprint density at radius 2 is 1.90 bits per heavy atom. The Balaban J connectivity index is 0.00000272. The number of imidazole rings is 1. The number of nitrogens with one attached hydrogen (secondary N) is 1. The molecule has 0 atom stereocenters. The van der Waals surface area contributed by atoms with Gasteiger partial charge in [0.15, 0.2) is 0 Å². The standard InChI is InChI=1S/C19H15F3N6O2.ClH/c20-19(21,22)13-9-16(30-8-5-23)27-17-12(13)1-2-15-26-14(10-28(15)17)18(29)25-11-3-6-24-7-4-11;/h1-4,6-7,9-10H,5,8,23H2,(H,24,25,29);1H. The quantitative estimate of drug-likeness (QED) is 0.481. The van der Waals surface area contributed by atoms with Crippen LogP contribution < -0.4 is 15.8 Å². The molecule has 0 bridgehead atoms. The third-order valence-electron chi connectivity index (χ3n) is 4.22. The molecule has 12 heteroatoms. The van der Waals surface area contributed by atoms with Crippen LogP contribution in [0.5, 0.6) is 5.88 Å². The van der Waals surface area contributed by atoms with Gasteiger partial charge in [0.25, 0.3) is 5.91 Å². The molecule has 3 N–H and O–H groups in total. The molecular weight excluding hydrogens is 437 g/mol. The minimum absolute atomic E-state index is 0. The second kappa shape index (κ2) is 8.74. The Hall–Kier alpha value is -3.44. The van der Waals surface area contributed by atoms with E-state index in [1.165, 1.54) is 35.1 Å². The molecular formula is C19H16ClF3N6O2. The summed E-state index contributed by atoms with van der Waals surface area (Å²) in [4.78, 5) is 24.7. The van der Waals surface area contributed by atoms with Gasteiger partial charge in [0.05, 0.1) is 5.56 Å². The molecule has 0 aliphatic heterocycles. The molecule has 0 aromatic carbocycles. The zero-order valence-corrected chi connectivity index (χ0v) is 16.6. The number of halogens is 4. The van der Waals surface area contributed by atoms with E-state index in [0.29, 0.717) is 5.69 Å². The lowest BCUT2D eigenvalue weighted by molar-refractivity contribution is -0.136. The number of nitrogens with zero attached hydrogens (tertiary/aromatic N) is 4. The minimum Gasteiger partial charge on any atom is -0.476 e. The van der Waals surface area contributed by atoms with Gasteiger partial charge in [-0.25, -0.2) is 4.98 Å². The smallest absolute Gasteiger partial charge is 0.417 e. The minimum atomic E-state index is -4.63. The van der Waals surface area contributed by atoms with E-state index in [0.717, 1.165) is 6.07 Å². The van der Waals surface area contributed by atoms with Crippen molar-refractivity contribution < 1.29 is 22.7 Å². The molecule has 0 saturated heterocycles. The number of carbonyl (C=O) groups excluding carboxylic acids is 1. The number of aromatic nitrogens is 4. The van der Waals surface area contributed by atoms with E-state index >= 15 is 0 Å². The van der Waals surface area contributed by atoms with Crippen LogP contribution in [0.1, 0.15) is 16.1 Å². The molecule has 162 valence electrons. The van der Waals surface area contributed by atoms with E-state index in [9.17, 15) is 18.0 Å². The average molecular weight is 453 g/mol. The van der Waals surface area contributed by atoms with Gasteiger partial charge in [-0.2, -0.15) is 18.2 Å². The number of carbonyl (C=O) groups is 1. The number of hydrogen-bond acceptors (Lipinski definition) is 6. The Labute approximate surface area is 179 Å². The summed E-state index contributed by atoms with van der Waals surface area (Å²) in [5.74, 6) is -0.742. The molecule has 0 radical (unpaired) electrons. The van der Waals surface area contributed by atoms with Crippen LogP contribution in [0.4, 0.5) is 18.9 Å². The number of pyridine rings is 3. The molecule has 4 rings (SSSR count). The van der Waals surface area contributed by atoms with E-state index in [1.54, 1.807) is 12.1 Å². The summed E-state index contributed by atoms with van der Waals surface area (Å²) in [7, 11) is 0. The zero-order chi connectivity index (χ0) is 21.3. The van der Waals surface area contributed by atoms with Crippen molar-refractivity contribution in [2.45, 2.75) is 6.18 Å². The third kappa shape index (κ3) is 4.52. The predicted octanol–water partition coefficient (Wildman–Crippen LogP) is 3.31. The number of amides is 1. The fourth-order valence-corrected chi connectivity index (χ4v) is 2.92. The normalized spacial score (nSPS) is 11.4. The fourth-order valence-electron chi connectivity index (χ4n) is 2.92. The summed E-state index contributed by atoms with van der Waals surface area (Å²) in [6, 6.07) is 6.69. The maximum Gasteiger partial charge on any atom is 0.417 e. The van der Waals surface area contributed by atoms with Gasteiger partial charge in [0.2, 0.25) is 5.88 Å². The van der Waals surface area contributed by atoms with Crippen molar-refractivity contribution in [3.05, 3.63) is 60.2 Å². The summed E-state index contributed by atoms with van der Waals surface area (Å²) in [6.07, 6.45) is -0.275. The van der Waals surface area contributed by atoms with Crippen LogP contribution in [-0.2, 0) is 6.18 Å². The molecule has 1 amide bonds. The van der Waals surface area contributed by atoms with Crippen LogP contribution in [0.2, 0.25) is 0 Å². The molecule has 0 unspecified atom stereocenters. The fraction of sp³-hybridized carbons (Fsp3) is 0.158. The van der Waals surface area contributed by atoms with Crippen molar-refractivity contribution in [3.63, 3.8) is 0 Å². The van der Waals surface area contributed by atoms with Crippen LogP contribution in [0.25, 0.3) is 16.7 Å². The first-order chi connectivity index (χ1) is 14.4. The van der Waals surface area contributed by atoms with E-state index in [2.05, 4.69) is 20.3 Å². The molecule has 4 aromatic rings. The molecule has 31 heavy (non-hydrogen) atoms. The van der Waals surface area contributed by atoms with Crippen LogP contribution in [0.15, 0.2) is 48.9 Å². The predicted molar refractivity (Wildman–Crippen MR) is 109 cm³/mol. The lowest BCUT2D eigenvalue weighted by atomic mass is 10.1. The van der Waals surface area contributed by atoms with E-state index in [1.807, 2.05) is 0 Å². The molecule has 0 aliphatic carbocycles. The van der Waals surface area contributed by atoms with Crippen LogP contribution >= 0.6 is 12.4 Å². The lowest BCUT2D eigenvalue weighted by Crippen LogP contribution is -2.13. The maximum atomic E-state index is 13.6. The highest BCUT2D eigenvalue weighted by Gasteiger charge is 2.34. The highest BCUT2D eigenvalue weighted by atomic mass is 35.5. The average Bonchev–Trinajstić information content (AvgIpc) is 3.17. The van der Waals surface area contributed by atoms with Gasteiger partial charge in [-0.1, -0.05) is 0 Å². The second-order valence-corrected chi connectivity index (χ2v) is 6.26.